The Kier molecular flexibility index (Phi) is 3.50. The standard InChI is InChI=1S/C8H11BrN2O2/c9-6-4-11(2-1-3-12)5-7(10)8(6)13/h4-5,12H,1-3,10H2. The first-order valence-electron chi connectivity index (χ1n) is 3.91. The Bertz CT molecular complexity index is 322. The van der Waals surface area contributed by atoms with E-state index in [9.17, 15) is 4.79 Å². The van der Waals surface area contributed by atoms with Crippen molar-refractivity contribution < 1.29 is 5.11 Å². The molecule has 1 heterocycles. The highest BCUT2D eigenvalue weighted by atomic mass is 79.9. The number of rotatable bonds is 3. The van der Waals surface area contributed by atoms with Gasteiger partial charge in [0.05, 0.1) is 10.2 Å². The number of halogens is 1. The number of aliphatic hydroxyl groups is 1. The quantitative estimate of drug-likeness (QED) is 0.820. The smallest absolute Gasteiger partial charge is 0.218 e. The summed E-state index contributed by atoms with van der Waals surface area (Å²) in [6.45, 7) is 0.781. The Morgan fingerprint density at radius 3 is 2.77 bits per heavy atom. The number of anilines is 1. The number of hydrogen-bond acceptors (Lipinski definition) is 3. The van der Waals surface area contributed by atoms with Crippen LogP contribution in [-0.4, -0.2) is 16.3 Å². The molecule has 0 amide bonds. The summed E-state index contributed by atoms with van der Waals surface area (Å²) < 4.78 is 2.22. The van der Waals surface area contributed by atoms with E-state index in [1.54, 1.807) is 17.0 Å². The van der Waals surface area contributed by atoms with Crippen LogP contribution in [0.15, 0.2) is 21.7 Å². The Balaban J connectivity index is 2.93. The fourth-order valence-corrected chi connectivity index (χ4v) is 1.49. The van der Waals surface area contributed by atoms with Crippen LogP contribution in [0.4, 0.5) is 5.69 Å². The third kappa shape index (κ3) is 2.57. The summed E-state index contributed by atoms with van der Waals surface area (Å²) in [6.07, 6.45) is 3.88. The van der Waals surface area contributed by atoms with Crippen LogP contribution in [0.2, 0.25) is 0 Å². The van der Waals surface area contributed by atoms with Gasteiger partial charge in [-0.15, -0.1) is 0 Å². The topological polar surface area (TPSA) is 68.2 Å². The summed E-state index contributed by atoms with van der Waals surface area (Å²) in [4.78, 5) is 11.2. The van der Waals surface area contributed by atoms with Gasteiger partial charge < -0.3 is 15.4 Å². The molecule has 0 spiro atoms. The lowest BCUT2D eigenvalue weighted by atomic mass is 10.4. The van der Waals surface area contributed by atoms with E-state index in [1.807, 2.05) is 0 Å². The van der Waals surface area contributed by atoms with Gasteiger partial charge in [0.2, 0.25) is 5.43 Å². The molecule has 0 aromatic carbocycles. The zero-order chi connectivity index (χ0) is 9.84. The summed E-state index contributed by atoms with van der Waals surface area (Å²) in [7, 11) is 0. The minimum atomic E-state index is -0.194. The van der Waals surface area contributed by atoms with E-state index in [-0.39, 0.29) is 17.7 Å². The van der Waals surface area contributed by atoms with E-state index >= 15 is 0 Å². The Labute approximate surface area is 84.1 Å². The monoisotopic (exact) mass is 246 g/mol. The molecule has 72 valence electrons. The SMILES string of the molecule is Nc1cn(CCCO)cc(Br)c1=O. The molecule has 0 bridgehead atoms. The van der Waals surface area contributed by atoms with Crippen molar-refractivity contribution >= 4 is 21.6 Å². The molecule has 1 aromatic rings. The van der Waals surface area contributed by atoms with Crippen molar-refractivity contribution in [1.29, 1.82) is 0 Å². The van der Waals surface area contributed by atoms with Gasteiger partial charge in [0.1, 0.15) is 0 Å². The first-order chi connectivity index (χ1) is 6.15. The van der Waals surface area contributed by atoms with Crippen LogP contribution in [0.25, 0.3) is 0 Å². The minimum Gasteiger partial charge on any atom is -0.396 e. The minimum absolute atomic E-state index is 0.129. The van der Waals surface area contributed by atoms with Gasteiger partial charge in [-0.2, -0.15) is 0 Å². The number of nitrogen functional groups attached to an aromatic ring is 1. The number of nitrogens with zero attached hydrogens (tertiary/aromatic N) is 1. The van der Waals surface area contributed by atoms with Crippen molar-refractivity contribution in [2.45, 2.75) is 13.0 Å². The van der Waals surface area contributed by atoms with E-state index in [0.717, 1.165) is 0 Å². The molecule has 3 N–H and O–H groups in total. The van der Waals surface area contributed by atoms with Gasteiger partial charge in [0.15, 0.2) is 0 Å². The zero-order valence-corrected chi connectivity index (χ0v) is 8.62. The summed E-state index contributed by atoms with van der Waals surface area (Å²) >= 11 is 3.11. The molecule has 4 nitrogen and oxygen atoms in total. The molecule has 1 rings (SSSR count). The normalized spacial score (nSPS) is 10.3. The highest BCUT2D eigenvalue weighted by Crippen LogP contribution is 2.06. The third-order valence-corrected chi connectivity index (χ3v) is 2.20. The lowest BCUT2D eigenvalue weighted by Crippen LogP contribution is -2.13. The molecule has 1 aromatic heterocycles. The fraction of sp³-hybridized carbons (Fsp3) is 0.375. The first kappa shape index (κ1) is 10.3. The second-order valence-electron chi connectivity index (χ2n) is 2.71. The van der Waals surface area contributed by atoms with Gasteiger partial charge >= 0.3 is 0 Å². The van der Waals surface area contributed by atoms with Crippen molar-refractivity contribution in [3.63, 3.8) is 0 Å². The van der Waals surface area contributed by atoms with Gasteiger partial charge in [0.25, 0.3) is 0 Å². The van der Waals surface area contributed by atoms with Gasteiger partial charge in [-0.1, -0.05) is 0 Å². The highest BCUT2D eigenvalue weighted by Gasteiger charge is 2.01. The molecule has 0 aliphatic carbocycles. The molecule has 0 atom stereocenters. The van der Waals surface area contributed by atoms with Crippen molar-refractivity contribution in [1.82, 2.24) is 4.57 Å². The maximum absolute atomic E-state index is 11.2. The predicted molar refractivity (Wildman–Crippen MR) is 54.5 cm³/mol. The van der Waals surface area contributed by atoms with Gasteiger partial charge in [-0.05, 0) is 22.4 Å². The van der Waals surface area contributed by atoms with Crippen LogP contribution in [0.5, 0.6) is 0 Å². The lowest BCUT2D eigenvalue weighted by Gasteiger charge is -2.06. The zero-order valence-electron chi connectivity index (χ0n) is 7.03. The van der Waals surface area contributed by atoms with E-state index < -0.39 is 0 Å². The van der Waals surface area contributed by atoms with Crippen molar-refractivity contribution in [2.24, 2.45) is 0 Å². The van der Waals surface area contributed by atoms with E-state index in [2.05, 4.69) is 15.9 Å². The molecule has 0 aliphatic heterocycles. The van der Waals surface area contributed by atoms with Crippen LogP contribution >= 0.6 is 15.9 Å². The van der Waals surface area contributed by atoms with E-state index in [4.69, 9.17) is 10.8 Å². The van der Waals surface area contributed by atoms with Crippen molar-refractivity contribution in [3.05, 3.63) is 27.1 Å². The van der Waals surface area contributed by atoms with Crippen LogP contribution in [0.3, 0.4) is 0 Å². The molecule has 0 unspecified atom stereocenters. The molecular formula is C8H11BrN2O2. The first-order valence-corrected chi connectivity index (χ1v) is 4.70. The van der Waals surface area contributed by atoms with Crippen molar-refractivity contribution in [3.8, 4) is 0 Å². The number of hydrogen-bond donors (Lipinski definition) is 2. The van der Waals surface area contributed by atoms with Gasteiger partial charge in [-0.25, -0.2) is 0 Å². The molecule has 0 saturated heterocycles. The molecule has 0 fully saturated rings. The van der Waals surface area contributed by atoms with Crippen LogP contribution < -0.4 is 11.2 Å². The number of aryl methyl sites for hydroxylation is 1. The number of aliphatic hydroxyl groups excluding tert-OH is 1. The molecule has 5 heteroatoms. The molecule has 0 radical (unpaired) electrons. The summed E-state index contributed by atoms with van der Waals surface area (Å²) in [5, 5.41) is 8.60. The summed E-state index contributed by atoms with van der Waals surface area (Å²) in [6, 6.07) is 0. The van der Waals surface area contributed by atoms with Crippen LogP contribution in [-0.2, 0) is 6.54 Å². The number of nitrogens with two attached hydrogens (primary N) is 1. The Morgan fingerprint density at radius 1 is 1.54 bits per heavy atom. The largest absolute Gasteiger partial charge is 0.396 e. The number of pyridine rings is 1. The average Bonchev–Trinajstić information content (AvgIpc) is 2.10. The maximum Gasteiger partial charge on any atom is 0.218 e. The summed E-state index contributed by atoms with van der Waals surface area (Å²) in [5.74, 6) is 0. The summed E-state index contributed by atoms with van der Waals surface area (Å²) in [5.41, 5.74) is 5.49. The Morgan fingerprint density at radius 2 is 2.23 bits per heavy atom. The Hall–Kier alpha value is -0.810. The van der Waals surface area contributed by atoms with Crippen LogP contribution in [0, 0.1) is 0 Å². The predicted octanol–water partition coefficient (Wildman–Crippen LogP) is 0.575. The van der Waals surface area contributed by atoms with Crippen molar-refractivity contribution in [2.75, 3.05) is 12.3 Å². The van der Waals surface area contributed by atoms with Gasteiger partial charge in [0, 0.05) is 25.5 Å². The molecule has 0 aliphatic rings. The van der Waals surface area contributed by atoms with Gasteiger partial charge in [-0.3, -0.25) is 4.79 Å². The number of aromatic nitrogens is 1. The molecular weight excluding hydrogens is 236 g/mol. The molecule has 13 heavy (non-hydrogen) atoms. The second kappa shape index (κ2) is 4.43. The highest BCUT2D eigenvalue weighted by molar-refractivity contribution is 9.10. The molecule has 0 saturated carbocycles. The second-order valence-corrected chi connectivity index (χ2v) is 3.56. The fourth-order valence-electron chi connectivity index (χ4n) is 0.999. The average molecular weight is 247 g/mol. The van der Waals surface area contributed by atoms with E-state index in [1.165, 1.54) is 0 Å². The lowest BCUT2D eigenvalue weighted by molar-refractivity contribution is 0.279. The van der Waals surface area contributed by atoms with Crippen LogP contribution in [0.1, 0.15) is 6.42 Å². The maximum atomic E-state index is 11.2. The van der Waals surface area contributed by atoms with E-state index in [0.29, 0.717) is 17.4 Å². The third-order valence-electron chi connectivity index (χ3n) is 1.64.